The number of fused-ring (bicyclic) bond motifs is 1. The van der Waals surface area contributed by atoms with Crippen LogP contribution in [0.1, 0.15) is 25.7 Å². The largest absolute Gasteiger partial charge is 0.392 e. The minimum atomic E-state index is 0.217. The van der Waals surface area contributed by atoms with Crippen LogP contribution in [0.4, 0.5) is 0 Å². The van der Waals surface area contributed by atoms with E-state index in [1.54, 1.807) is 0 Å². The van der Waals surface area contributed by atoms with Crippen molar-refractivity contribution in [3.05, 3.63) is 12.2 Å². The molecule has 0 heterocycles. The molecule has 0 aromatic rings. The van der Waals surface area contributed by atoms with Crippen molar-refractivity contribution >= 4 is 0 Å². The lowest BCUT2D eigenvalue weighted by atomic mass is 10.0. The van der Waals surface area contributed by atoms with Gasteiger partial charge in [0.1, 0.15) is 0 Å². The van der Waals surface area contributed by atoms with Crippen LogP contribution >= 0.6 is 0 Å². The summed E-state index contributed by atoms with van der Waals surface area (Å²) in [6.45, 7) is 0.217. The maximum atomic E-state index is 8.57. The molecular weight excluding hydrogens is 124 g/mol. The van der Waals surface area contributed by atoms with Crippen LogP contribution in [0.15, 0.2) is 12.2 Å². The summed E-state index contributed by atoms with van der Waals surface area (Å²) in [6, 6.07) is 0. The van der Waals surface area contributed by atoms with E-state index < -0.39 is 0 Å². The van der Waals surface area contributed by atoms with E-state index in [4.69, 9.17) is 5.11 Å². The highest BCUT2D eigenvalue weighted by Gasteiger charge is 2.54. The Morgan fingerprint density at radius 3 is 3.00 bits per heavy atom. The van der Waals surface area contributed by atoms with Crippen molar-refractivity contribution in [1.82, 2.24) is 0 Å². The molecule has 0 spiro atoms. The molecule has 2 atom stereocenters. The molecule has 0 bridgehead atoms. The molecule has 0 radical (unpaired) electrons. The van der Waals surface area contributed by atoms with E-state index in [2.05, 4.69) is 6.08 Å². The highest BCUT2D eigenvalue weighted by Crippen LogP contribution is 2.64. The van der Waals surface area contributed by atoms with Crippen LogP contribution < -0.4 is 0 Å². The van der Waals surface area contributed by atoms with Gasteiger partial charge in [-0.2, -0.15) is 0 Å². The third-order valence-corrected chi connectivity index (χ3v) is 3.03. The van der Waals surface area contributed by atoms with Crippen LogP contribution in [-0.4, -0.2) is 11.7 Å². The fourth-order valence-electron chi connectivity index (χ4n) is 2.35. The van der Waals surface area contributed by atoms with E-state index in [1.165, 1.54) is 25.7 Å². The number of aliphatic hydroxyl groups is 1. The Labute approximate surface area is 61.8 Å². The second kappa shape index (κ2) is 2.09. The van der Waals surface area contributed by atoms with Crippen LogP contribution in [0, 0.1) is 11.3 Å². The highest BCUT2D eigenvalue weighted by molar-refractivity contribution is 5.17. The molecule has 0 saturated heterocycles. The predicted octanol–water partition coefficient (Wildman–Crippen LogP) is 1.73. The van der Waals surface area contributed by atoms with Gasteiger partial charge in [-0.05, 0) is 30.6 Å². The standard InChI is InChI=1S/C9H14O/c10-6-2-5-9-4-1-3-8(9)7-9/h2,5,8,10H,1,3-4,6-7H2/b5-2+. The smallest absolute Gasteiger partial charge is 0.0612 e. The molecular formula is C9H14O. The first kappa shape index (κ1) is 6.41. The lowest BCUT2D eigenvalue weighted by Gasteiger charge is -2.01. The molecule has 2 fully saturated rings. The average molecular weight is 138 g/mol. The van der Waals surface area contributed by atoms with E-state index in [-0.39, 0.29) is 6.61 Å². The molecule has 0 aromatic carbocycles. The minimum absolute atomic E-state index is 0.217. The number of rotatable bonds is 2. The number of allylic oxidation sites excluding steroid dienone is 1. The molecule has 10 heavy (non-hydrogen) atoms. The third-order valence-electron chi connectivity index (χ3n) is 3.03. The van der Waals surface area contributed by atoms with Gasteiger partial charge in [-0.15, -0.1) is 0 Å². The van der Waals surface area contributed by atoms with E-state index >= 15 is 0 Å². The fourth-order valence-corrected chi connectivity index (χ4v) is 2.35. The van der Waals surface area contributed by atoms with E-state index in [9.17, 15) is 0 Å². The van der Waals surface area contributed by atoms with Gasteiger partial charge in [0.05, 0.1) is 6.61 Å². The van der Waals surface area contributed by atoms with Crippen molar-refractivity contribution < 1.29 is 5.11 Å². The molecule has 2 rings (SSSR count). The molecule has 0 amide bonds. The molecule has 2 unspecified atom stereocenters. The summed E-state index contributed by atoms with van der Waals surface area (Å²) in [5.41, 5.74) is 0.572. The lowest BCUT2D eigenvalue weighted by molar-refractivity contribution is 0.341. The lowest BCUT2D eigenvalue weighted by Crippen LogP contribution is -1.92. The fraction of sp³-hybridized carbons (Fsp3) is 0.778. The van der Waals surface area contributed by atoms with Gasteiger partial charge in [0.25, 0.3) is 0 Å². The van der Waals surface area contributed by atoms with Crippen molar-refractivity contribution in [3.63, 3.8) is 0 Å². The van der Waals surface area contributed by atoms with Crippen molar-refractivity contribution in [1.29, 1.82) is 0 Å². The first-order valence-electron chi connectivity index (χ1n) is 4.16. The second-order valence-corrected chi connectivity index (χ2v) is 3.61. The normalized spacial score (nSPS) is 44.3. The summed E-state index contributed by atoms with van der Waals surface area (Å²) < 4.78 is 0. The Kier molecular flexibility index (Phi) is 1.34. The summed E-state index contributed by atoms with van der Waals surface area (Å²) in [4.78, 5) is 0. The number of hydrogen-bond donors (Lipinski definition) is 1. The summed E-state index contributed by atoms with van der Waals surface area (Å²) >= 11 is 0. The van der Waals surface area contributed by atoms with Crippen LogP contribution in [0.5, 0.6) is 0 Å². The monoisotopic (exact) mass is 138 g/mol. The van der Waals surface area contributed by atoms with Crippen LogP contribution in [0.25, 0.3) is 0 Å². The van der Waals surface area contributed by atoms with Crippen LogP contribution in [-0.2, 0) is 0 Å². The quantitative estimate of drug-likeness (QED) is 0.576. The Balaban J connectivity index is 1.98. The van der Waals surface area contributed by atoms with Gasteiger partial charge in [0.2, 0.25) is 0 Å². The van der Waals surface area contributed by atoms with Gasteiger partial charge in [-0.25, -0.2) is 0 Å². The minimum Gasteiger partial charge on any atom is -0.392 e. The molecule has 0 aliphatic heterocycles. The Bertz CT molecular complexity index is 162. The maximum Gasteiger partial charge on any atom is 0.0612 e. The van der Waals surface area contributed by atoms with Gasteiger partial charge >= 0.3 is 0 Å². The van der Waals surface area contributed by atoms with E-state index in [1.807, 2.05) is 6.08 Å². The molecule has 1 nitrogen and oxygen atoms in total. The summed E-state index contributed by atoms with van der Waals surface area (Å²) in [7, 11) is 0. The Hall–Kier alpha value is -0.300. The maximum absolute atomic E-state index is 8.57. The summed E-state index contributed by atoms with van der Waals surface area (Å²) in [6.07, 6.45) is 9.74. The number of aliphatic hydroxyl groups excluding tert-OH is 1. The molecule has 2 saturated carbocycles. The van der Waals surface area contributed by atoms with Gasteiger partial charge in [-0.3, -0.25) is 0 Å². The van der Waals surface area contributed by atoms with Crippen LogP contribution in [0.2, 0.25) is 0 Å². The van der Waals surface area contributed by atoms with E-state index in [0.29, 0.717) is 5.41 Å². The van der Waals surface area contributed by atoms with E-state index in [0.717, 1.165) is 5.92 Å². The van der Waals surface area contributed by atoms with Gasteiger partial charge in [-0.1, -0.05) is 18.6 Å². The molecule has 56 valence electrons. The first-order chi connectivity index (χ1) is 4.87. The molecule has 1 N–H and O–H groups in total. The Morgan fingerprint density at radius 2 is 2.50 bits per heavy atom. The van der Waals surface area contributed by atoms with Gasteiger partial charge in [0.15, 0.2) is 0 Å². The zero-order chi connectivity index (χ0) is 7.03. The number of hydrogen-bond acceptors (Lipinski definition) is 1. The third kappa shape index (κ3) is 0.807. The van der Waals surface area contributed by atoms with Crippen molar-refractivity contribution in [2.45, 2.75) is 25.7 Å². The SMILES string of the molecule is OC/C=C/C12CCCC1C2. The van der Waals surface area contributed by atoms with Crippen molar-refractivity contribution in [2.24, 2.45) is 11.3 Å². The van der Waals surface area contributed by atoms with Gasteiger partial charge < -0.3 is 5.11 Å². The zero-order valence-corrected chi connectivity index (χ0v) is 6.21. The van der Waals surface area contributed by atoms with Crippen LogP contribution in [0.3, 0.4) is 0 Å². The highest BCUT2D eigenvalue weighted by atomic mass is 16.2. The second-order valence-electron chi connectivity index (χ2n) is 3.61. The first-order valence-corrected chi connectivity index (χ1v) is 4.16. The van der Waals surface area contributed by atoms with Crippen molar-refractivity contribution in [3.8, 4) is 0 Å². The summed E-state index contributed by atoms with van der Waals surface area (Å²) in [5, 5.41) is 8.57. The topological polar surface area (TPSA) is 20.2 Å². The summed E-state index contributed by atoms with van der Waals surface area (Å²) in [5.74, 6) is 0.982. The Morgan fingerprint density at radius 1 is 1.60 bits per heavy atom. The zero-order valence-electron chi connectivity index (χ0n) is 6.21. The van der Waals surface area contributed by atoms with Gasteiger partial charge in [0, 0.05) is 0 Å². The predicted molar refractivity (Wildman–Crippen MR) is 40.6 cm³/mol. The molecule has 2 aliphatic carbocycles. The average Bonchev–Trinajstić information content (AvgIpc) is 2.51. The molecule has 2 aliphatic rings. The molecule has 1 heteroatoms. The molecule has 0 aromatic heterocycles. The van der Waals surface area contributed by atoms with Crippen molar-refractivity contribution in [2.75, 3.05) is 6.61 Å².